The minimum atomic E-state index is -0.547. The van der Waals surface area contributed by atoms with Crippen LogP contribution < -0.4 is 0 Å². The van der Waals surface area contributed by atoms with E-state index in [2.05, 4.69) is 20.4 Å². The van der Waals surface area contributed by atoms with Crippen LogP contribution in [-0.2, 0) is 28.6 Å². The van der Waals surface area contributed by atoms with Gasteiger partial charge in [-0.2, -0.15) is 0 Å². The lowest BCUT2D eigenvalue weighted by Gasteiger charge is -2.66. The Kier molecular flexibility index (Phi) is 6.67. The molecule has 0 aromatic carbocycles. The zero-order valence-electron chi connectivity index (χ0n) is 21.6. The average Bonchev–Trinajstić information content (AvgIpc) is 3.04. The molecule has 0 aromatic rings. The average molecular weight is 475 g/mol. The molecule has 4 aliphatic carbocycles. The van der Waals surface area contributed by atoms with E-state index in [9.17, 15) is 14.4 Å². The molecule has 1 unspecified atom stereocenters. The zero-order chi connectivity index (χ0) is 24.9. The van der Waals surface area contributed by atoms with Crippen molar-refractivity contribution in [1.82, 2.24) is 0 Å². The summed E-state index contributed by atoms with van der Waals surface area (Å²) < 4.78 is 17.8. The normalized spacial score (nSPS) is 42.9. The molecule has 0 aromatic heterocycles. The first-order chi connectivity index (χ1) is 16.0. The molecule has 0 saturated heterocycles. The van der Waals surface area contributed by atoms with Crippen LogP contribution in [0, 0.1) is 34.0 Å². The van der Waals surface area contributed by atoms with Crippen molar-refractivity contribution in [2.24, 2.45) is 34.0 Å². The molecule has 4 aliphatic rings. The molecule has 4 rings (SSSR count). The van der Waals surface area contributed by atoms with Crippen molar-refractivity contribution >= 4 is 17.9 Å². The summed E-state index contributed by atoms with van der Waals surface area (Å²) in [7, 11) is 0. The first-order valence-electron chi connectivity index (χ1n) is 13.2. The van der Waals surface area contributed by atoms with E-state index in [1.54, 1.807) is 6.92 Å². The Hall–Kier alpha value is -1.85. The Balaban J connectivity index is 1.77. The van der Waals surface area contributed by atoms with Gasteiger partial charge in [0.1, 0.15) is 18.8 Å². The van der Waals surface area contributed by atoms with Gasteiger partial charge in [0.05, 0.1) is 0 Å². The van der Waals surface area contributed by atoms with E-state index in [-0.39, 0.29) is 53.5 Å². The quantitative estimate of drug-likeness (QED) is 0.292. The Morgan fingerprint density at radius 1 is 0.971 bits per heavy atom. The monoisotopic (exact) mass is 474 g/mol. The standard InChI is InChI=1S/C28H42O6/c1-7-24(30)33-22-11-12-26(5)20-10-9-19-15-28(20,14-17(19)3)23(34-25(31)8-2)13-21(26)27(22,6)16-32-18(4)29/h19-23H,3,7-16H2,1-2,4-6H3/t19-,20+,21?,22-,23+,26+,27-,28+/m1/s1. The third-order valence-electron chi connectivity index (χ3n) is 10.1. The van der Waals surface area contributed by atoms with Crippen molar-refractivity contribution in [2.45, 2.75) is 105 Å². The van der Waals surface area contributed by atoms with Crippen LogP contribution in [0.1, 0.15) is 92.4 Å². The maximum Gasteiger partial charge on any atom is 0.305 e. The fourth-order valence-corrected chi connectivity index (χ4v) is 8.55. The van der Waals surface area contributed by atoms with Gasteiger partial charge in [0, 0.05) is 30.6 Å². The SMILES string of the molecule is C=C1C[C@]23C[C@H]1CC[C@H]2[C@]1(C)CC[C@@H](OC(=O)CC)[C@](C)(COC(C)=O)C1C[C@@H]3OC(=O)CC. The molecule has 4 fully saturated rings. The predicted octanol–water partition coefficient (Wildman–Crippen LogP) is 5.38. The van der Waals surface area contributed by atoms with E-state index in [0.717, 1.165) is 38.5 Å². The van der Waals surface area contributed by atoms with Gasteiger partial charge >= 0.3 is 17.9 Å². The Morgan fingerprint density at radius 3 is 2.24 bits per heavy atom. The van der Waals surface area contributed by atoms with Gasteiger partial charge in [-0.25, -0.2) is 0 Å². The largest absolute Gasteiger partial charge is 0.465 e. The molecule has 2 bridgehead atoms. The van der Waals surface area contributed by atoms with Gasteiger partial charge in [0.25, 0.3) is 0 Å². The molecule has 8 atom stereocenters. The van der Waals surface area contributed by atoms with Crippen molar-refractivity contribution < 1.29 is 28.6 Å². The van der Waals surface area contributed by atoms with E-state index in [1.165, 1.54) is 12.5 Å². The highest BCUT2D eigenvalue weighted by Crippen LogP contribution is 2.72. The maximum absolute atomic E-state index is 12.6. The summed E-state index contributed by atoms with van der Waals surface area (Å²) in [6, 6.07) is 0. The van der Waals surface area contributed by atoms with E-state index in [4.69, 9.17) is 14.2 Å². The van der Waals surface area contributed by atoms with E-state index in [0.29, 0.717) is 31.1 Å². The number of esters is 3. The third-order valence-corrected chi connectivity index (χ3v) is 10.1. The van der Waals surface area contributed by atoms with Crippen molar-refractivity contribution in [3.8, 4) is 0 Å². The molecule has 0 heterocycles. The minimum absolute atomic E-state index is 0.0191. The van der Waals surface area contributed by atoms with Crippen molar-refractivity contribution in [3.63, 3.8) is 0 Å². The molecule has 34 heavy (non-hydrogen) atoms. The lowest BCUT2D eigenvalue weighted by atomic mass is 9.40. The molecule has 0 radical (unpaired) electrons. The van der Waals surface area contributed by atoms with E-state index < -0.39 is 5.41 Å². The number of fused-ring (bicyclic) bond motifs is 3. The molecule has 1 spiro atoms. The molecule has 0 N–H and O–H groups in total. The van der Waals surface area contributed by atoms with Gasteiger partial charge in [0.15, 0.2) is 0 Å². The second-order valence-corrected chi connectivity index (χ2v) is 11.9. The second-order valence-electron chi connectivity index (χ2n) is 11.9. The molecule has 190 valence electrons. The van der Waals surface area contributed by atoms with Gasteiger partial charge in [-0.15, -0.1) is 0 Å². The Morgan fingerprint density at radius 2 is 1.62 bits per heavy atom. The number of carbonyl (C=O) groups is 3. The summed E-state index contributed by atoms with van der Waals surface area (Å²) in [5.74, 6) is 0.294. The maximum atomic E-state index is 12.6. The molecule has 0 amide bonds. The van der Waals surface area contributed by atoms with Crippen LogP contribution in [0.15, 0.2) is 12.2 Å². The smallest absolute Gasteiger partial charge is 0.305 e. The Labute approximate surface area is 204 Å². The van der Waals surface area contributed by atoms with Crippen LogP contribution in [0.25, 0.3) is 0 Å². The third kappa shape index (κ3) is 3.89. The molecule has 6 nitrogen and oxygen atoms in total. The zero-order valence-corrected chi connectivity index (χ0v) is 21.6. The van der Waals surface area contributed by atoms with E-state index in [1.807, 2.05) is 6.92 Å². The van der Waals surface area contributed by atoms with Crippen LogP contribution in [0.3, 0.4) is 0 Å². The summed E-state index contributed by atoms with van der Waals surface area (Å²) in [6.45, 7) is 14.2. The van der Waals surface area contributed by atoms with Crippen molar-refractivity contribution in [1.29, 1.82) is 0 Å². The molecular formula is C28H42O6. The van der Waals surface area contributed by atoms with Crippen LogP contribution in [0.5, 0.6) is 0 Å². The molecule has 0 aliphatic heterocycles. The van der Waals surface area contributed by atoms with Crippen LogP contribution in [0.2, 0.25) is 0 Å². The lowest BCUT2D eigenvalue weighted by molar-refractivity contribution is -0.243. The molecule has 4 saturated carbocycles. The highest BCUT2D eigenvalue weighted by molar-refractivity contribution is 5.69. The summed E-state index contributed by atoms with van der Waals surface area (Å²) in [5.41, 5.74) is 0.685. The van der Waals surface area contributed by atoms with Gasteiger partial charge < -0.3 is 14.2 Å². The van der Waals surface area contributed by atoms with Gasteiger partial charge in [-0.3, -0.25) is 14.4 Å². The number of ether oxygens (including phenoxy) is 3. The van der Waals surface area contributed by atoms with Crippen LogP contribution >= 0.6 is 0 Å². The fourth-order valence-electron chi connectivity index (χ4n) is 8.55. The van der Waals surface area contributed by atoms with Gasteiger partial charge in [-0.05, 0) is 68.1 Å². The molecule has 6 heteroatoms. The summed E-state index contributed by atoms with van der Waals surface area (Å²) >= 11 is 0. The minimum Gasteiger partial charge on any atom is -0.465 e. The first-order valence-corrected chi connectivity index (χ1v) is 13.2. The van der Waals surface area contributed by atoms with Gasteiger partial charge in [0.2, 0.25) is 0 Å². The first kappa shape index (κ1) is 25.2. The number of hydrogen-bond acceptors (Lipinski definition) is 6. The highest BCUT2D eigenvalue weighted by atomic mass is 16.6. The predicted molar refractivity (Wildman–Crippen MR) is 128 cm³/mol. The summed E-state index contributed by atoms with van der Waals surface area (Å²) in [4.78, 5) is 36.8. The number of carbonyl (C=O) groups excluding carboxylic acids is 3. The topological polar surface area (TPSA) is 78.9 Å². The highest BCUT2D eigenvalue weighted by Gasteiger charge is 2.69. The number of allylic oxidation sites excluding steroid dienone is 1. The van der Waals surface area contributed by atoms with Crippen molar-refractivity contribution in [3.05, 3.63) is 12.2 Å². The summed E-state index contributed by atoms with van der Waals surface area (Å²) in [5, 5.41) is 0. The number of rotatable bonds is 6. The van der Waals surface area contributed by atoms with Crippen LogP contribution in [-0.4, -0.2) is 36.7 Å². The number of hydrogen-bond donors (Lipinski definition) is 0. The van der Waals surface area contributed by atoms with E-state index >= 15 is 0 Å². The Bertz CT molecular complexity index is 865. The van der Waals surface area contributed by atoms with Crippen molar-refractivity contribution in [2.75, 3.05) is 6.61 Å². The second kappa shape index (κ2) is 8.98. The van der Waals surface area contributed by atoms with Gasteiger partial charge in [-0.1, -0.05) is 39.8 Å². The van der Waals surface area contributed by atoms with Crippen LogP contribution in [0.4, 0.5) is 0 Å². The lowest BCUT2D eigenvalue weighted by Crippen LogP contribution is -2.66. The fraction of sp³-hybridized carbons (Fsp3) is 0.821. The summed E-state index contributed by atoms with van der Waals surface area (Å²) in [6.07, 6.45) is 6.77. The molecular weight excluding hydrogens is 432 g/mol.